The van der Waals surface area contributed by atoms with Gasteiger partial charge in [0.1, 0.15) is 5.92 Å². The van der Waals surface area contributed by atoms with Gasteiger partial charge in [-0.05, 0) is 6.92 Å². The van der Waals surface area contributed by atoms with Crippen LogP contribution in [0, 0.1) is 5.92 Å². The van der Waals surface area contributed by atoms with E-state index in [1.165, 1.54) is 0 Å². The first-order valence-corrected chi connectivity index (χ1v) is 3.12. The maximum atomic E-state index is 12.1. The summed E-state index contributed by atoms with van der Waals surface area (Å²) < 4.78 is 28.5. The van der Waals surface area contributed by atoms with E-state index < -0.39 is 17.8 Å². The minimum atomic E-state index is -2.79. The van der Waals surface area contributed by atoms with Crippen LogP contribution in [-0.4, -0.2) is 18.5 Å². The van der Waals surface area contributed by atoms with Crippen LogP contribution in [-0.2, 0) is 9.53 Å². The highest BCUT2D eigenvalue weighted by Gasteiger charge is 2.62. The third-order valence-electron chi connectivity index (χ3n) is 1.40. The fraction of sp³-hybridized carbons (Fsp3) is 0.833. The number of halogens is 2. The van der Waals surface area contributed by atoms with Crippen LogP contribution in [0.25, 0.3) is 0 Å². The molecule has 0 amide bonds. The lowest BCUT2D eigenvalue weighted by atomic mass is 10.4. The second-order valence-electron chi connectivity index (χ2n) is 2.27. The largest absolute Gasteiger partial charge is 0.466 e. The topological polar surface area (TPSA) is 26.3 Å². The van der Waals surface area contributed by atoms with Gasteiger partial charge in [0.05, 0.1) is 6.61 Å². The lowest BCUT2D eigenvalue weighted by molar-refractivity contribution is -0.147. The fourth-order valence-corrected chi connectivity index (χ4v) is 0.712. The molecule has 1 fully saturated rings. The average molecular weight is 150 g/mol. The Morgan fingerprint density at radius 2 is 2.30 bits per heavy atom. The molecule has 0 aromatic heterocycles. The maximum absolute atomic E-state index is 12.1. The van der Waals surface area contributed by atoms with Crippen molar-refractivity contribution in [3.8, 4) is 0 Å². The molecule has 1 saturated carbocycles. The number of ether oxygens (including phenoxy) is 1. The molecule has 1 aliphatic rings. The molecule has 1 unspecified atom stereocenters. The van der Waals surface area contributed by atoms with Gasteiger partial charge < -0.3 is 4.74 Å². The number of esters is 1. The van der Waals surface area contributed by atoms with Crippen LogP contribution in [0.1, 0.15) is 13.3 Å². The SMILES string of the molecule is CCOC(=O)C1CC1(F)F. The molecule has 0 aromatic rings. The quantitative estimate of drug-likeness (QED) is 0.553. The van der Waals surface area contributed by atoms with Crippen LogP contribution >= 0.6 is 0 Å². The van der Waals surface area contributed by atoms with E-state index in [9.17, 15) is 13.6 Å². The summed E-state index contributed by atoms with van der Waals surface area (Å²) in [4.78, 5) is 10.5. The predicted molar refractivity (Wildman–Crippen MR) is 29.7 cm³/mol. The van der Waals surface area contributed by atoms with Gasteiger partial charge in [0, 0.05) is 6.42 Å². The Morgan fingerprint density at radius 3 is 2.60 bits per heavy atom. The second kappa shape index (κ2) is 2.18. The summed E-state index contributed by atoms with van der Waals surface area (Å²) in [5.74, 6) is -4.72. The van der Waals surface area contributed by atoms with Crippen molar-refractivity contribution >= 4 is 5.97 Å². The first-order chi connectivity index (χ1) is 4.58. The summed E-state index contributed by atoms with van der Waals surface area (Å²) in [6, 6.07) is 0. The number of carbonyl (C=O) groups is 1. The summed E-state index contributed by atoms with van der Waals surface area (Å²) >= 11 is 0. The minimum Gasteiger partial charge on any atom is -0.466 e. The molecular formula is C6H8F2O2. The Hall–Kier alpha value is -0.670. The highest BCUT2D eigenvalue weighted by Crippen LogP contribution is 2.49. The molecular weight excluding hydrogens is 142 g/mol. The number of rotatable bonds is 2. The normalized spacial score (nSPS) is 27.7. The van der Waals surface area contributed by atoms with E-state index in [-0.39, 0.29) is 13.0 Å². The van der Waals surface area contributed by atoms with Crippen molar-refractivity contribution in [1.29, 1.82) is 0 Å². The fourth-order valence-electron chi connectivity index (χ4n) is 0.712. The Balaban J connectivity index is 2.33. The molecule has 1 rings (SSSR count). The van der Waals surface area contributed by atoms with Gasteiger partial charge in [-0.15, -0.1) is 0 Å². The molecule has 0 aromatic carbocycles. The molecule has 1 aliphatic carbocycles. The van der Waals surface area contributed by atoms with Crippen molar-refractivity contribution in [1.82, 2.24) is 0 Å². The van der Waals surface area contributed by atoms with E-state index in [4.69, 9.17) is 0 Å². The van der Waals surface area contributed by atoms with Gasteiger partial charge in [0.2, 0.25) is 0 Å². The smallest absolute Gasteiger partial charge is 0.315 e. The summed E-state index contributed by atoms with van der Waals surface area (Å²) in [6.07, 6.45) is -0.341. The van der Waals surface area contributed by atoms with Gasteiger partial charge in [-0.3, -0.25) is 4.79 Å². The van der Waals surface area contributed by atoms with E-state index >= 15 is 0 Å². The standard InChI is InChI=1S/C6H8F2O2/c1-2-10-5(9)4-3-6(4,7)8/h4H,2-3H2,1H3. The Labute approximate surface area is 57.2 Å². The molecule has 0 spiro atoms. The Morgan fingerprint density at radius 1 is 1.80 bits per heavy atom. The molecule has 1 atom stereocenters. The summed E-state index contributed by atoms with van der Waals surface area (Å²) in [5, 5.41) is 0. The second-order valence-corrected chi connectivity index (χ2v) is 2.27. The van der Waals surface area contributed by atoms with Gasteiger partial charge in [-0.1, -0.05) is 0 Å². The number of hydrogen-bond donors (Lipinski definition) is 0. The molecule has 0 bridgehead atoms. The van der Waals surface area contributed by atoms with Crippen molar-refractivity contribution in [2.75, 3.05) is 6.61 Å². The van der Waals surface area contributed by atoms with Gasteiger partial charge in [-0.2, -0.15) is 0 Å². The first kappa shape index (κ1) is 7.44. The Bertz CT molecular complexity index is 156. The molecule has 0 aliphatic heterocycles. The van der Waals surface area contributed by atoms with Crippen molar-refractivity contribution in [2.24, 2.45) is 5.92 Å². The van der Waals surface area contributed by atoms with Crippen LogP contribution in [0.2, 0.25) is 0 Å². The van der Waals surface area contributed by atoms with Crippen molar-refractivity contribution in [3.63, 3.8) is 0 Å². The van der Waals surface area contributed by atoms with E-state index in [2.05, 4.69) is 4.74 Å². The summed E-state index contributed by atoms with van der Waals surface area (Å²) in [7, 11) is 0. The third-order valence-corrected chi connectivity index (χ3v) is 1.40. The monoisotopic (exact) mass is 150 g/mol. The predicted octanol–water partition coefficient (Wildman–Crippen LogP) is 1.20. The lowest BCUT2D eigenvalue weighted by Gasteiger charge is -1.97. The summed E-state index contributed by atoms with van der Waals surface area (Å²) in [5.41, 5.74) is 0. The van der Waals surface area contributed by atoms with E-state index in [1.54, 1.807) is 6.92 Å². The van der Waals surface area contributed by atoms with Gasteiger partial charge in [-0.25, -0.2) is 8.78 Å². The van der Waals surface area contributed by atoms with Crippen molar-refractivity contribution in [2.45, 2.75) is 19.3 Å². The van der Waals surface area contributed by atoms with Crippen LogP contribution in [0.15, 0.2) is 0 Å². The van der Waals surface area contributed by atoms with E-state index in [1.807, 2.05) is 0 Å². The summed E-state index contributed by atoms with van der Waals surface area (Å²) in [6.45, 7) is 1.77. The maximum Gasteiger partial charge on any atom is 0.315 e. The van der Waals surface area contributed by atoms with Crippen molar-refractivity contribution < 1.29 is 18.3 Å². The van der Waals surface area contributed by atoms with Gasteiger partial charge in [0.25, 0.3) is 5.92 Å². The zero-order valence-corrected chi connectivity index (χ0v) is 5.56. The highest BCUT2D eigenvalue weighted by molar-refractivity contribution is 5.77. The minimum absolute atomic E-state index is 0.172. The van der Waals surface area contributed by atoms with Gasteiger partial charge >= 0.3 is 5.97 Å². The Kier molecular flexibility index (Phi) is 1.62. The average Bonchev–Trinajstić information content (AvgIpc) is 2.41. The van der Waals surface area contributed by atoms with E-state index in [0.29, 0.717) is 0 Å². The molecule has 0 saturated heterocycles. The molecule has 0 N–H and O–H groups in total. The molecule has 0 radical (unpaired) electrons. The van der Waals surface area contributed by atoms with Crippen LogP contribution in [0.5, 0.6) is 0 Å². The molecule has 2 nitrogen and oxygen atoms in total. The molecule has 4 heteroatoms. The molecule has 58 valence electrons. The van der Waals surface area contributed by atoms with E-state index in [0.717, 1.165) is 0 Å². The highest BCUT2D eigenvalue weighted by atomic mass is 19.3. The zero-order chi connectivity index (χ0) is 7.78. The van der Waals surface area contributed by atoms with Crippen LogP contribution in [0.3, 0.4) is 0 Å². The number of alkyl halides is 2. The number of hydrogen-bond acceptors (Lipinski definition) is 2. The van der Waals surface area contributed by atoms with Gasteiger partial charge in [0.15, 0.2) is 0 Å². The first-order valence-electron chi connectivity index (χ1n) is 3.12. The lowest BCUT2D eigenvalue weighted by Crippen LogP contribution is -2.11. The zero-order valence-electron chi connectivity index (χ0n) is 5.56. The molecule has 10 heavy (non-hydrogen) atoms. The van der Waals surface area contributed by atoms with Crippen molar-refractivity contribution in [3.05, 3.63) is 0 Å². The number of carbonyl (C=O) groups excluding carboxylic acids is 1. The van der Waals surface area contributed by atoms with Crippen LogP contribution in [0.4, 0.5) is 8.78 Å². The molecule has 0 heterocycles. The third kappa shape index (κ3) is 1.25. The van der Waals surface area contributed by atoms with Crippen LogP contribution < -0.4 is 0 Å².